The summed E-state index contributed by atoms with van der Waals surface area (Å²) in [5.41, 5.74) is 2.16. The Morgan fingerprint density at radius 3 is 2.64 bits per heavy atom. The number of rotatable bonds is 6. The van der Waals surface area contributed by atoms with Gasteiger partial charge in [-0.1, -0.05) is 42.5 Å². The summed E-state index contributed by atoms with van der Waals surface area (Å²) in [5.74, 6) is 0.494. The number of amides is 1. The molecule has 3 aromatic carbocycles. The van der Waals surface area contributed by atoms with Crippen LogP contribution in [0.4, 0.5) is 5.69 Å². The van der Waals surface area contributed by atoms with Gasteiger partial charge in [0.25, 0.3) is 5.56 Å². The van der Waals surface area contributed by atoms with E-state index >= 15 is 0 Å². The number of benzene rings is 3. The van der Waals surface area contributed by atoms with E-state index in [4.69, 9.17) is 4.74 Å². The Balaban J connectivity index is 1.41. The smallest absolute Gasteiger partial charge is 0.263 e. The topological polar surface area (TPSA) is 73.2 Å². The molecule has 2 aromatic heterocycles. The lowest BCUT2D eigenvalue weighted by molar-refractivity contribution is -0.116. The van der Waals surface area contributed by atoms with Crippen LogP contribution in [0.25, 0.3) is 32.1 Å². The number of anilines is 1. The van der Waals surface area contributed by atoms with Gasteiger partial charge in [-0.15, -0.1) is 11.3 Å². The SMILES string of the molecule is CCOc1ccc(-c2csc3ncn(CC(=O)Nc4ccc5ccccc5c4)c(=O)c23)cc1. The Labute approximate surface area is 194 Å². The molecule has 0 saturated heterocycles. The fourth-order valence-electron chi connectivity index (χ4n) is 3.81. The standard InChI is InChI=1S/C26H21N3O3S/c1-2-32-21-11-8-18(9-12-21)22-15-33-25-24(22)26(31)29(16-27-25)14-23(30)28-20-10-7-17-5-3-4-6-19(17)13-20/h3-13,15-16H,2,14H2,1H3,(H,28,30). The molecule has 0 aliphatic heterocycles. The molecule has 0 bridgehead atoms. The molecule has 5 aromatic rings. The van der Waals surface area contributed by atoms with Gasteiger partial charge in [-0.2, -0.15) is 0 Å². The predicted molar refractivity (Wildman–Crippen MR) is 133 cm³/mol. The molecule has 0 fully saturated rings. The molecule has 0 aliphatic rings. The van der Waals surface area contributed by atoms with Gasteiger partial charge in [0.05, 0.1) is 18.3 Å². The Morgan fingerprint density at radius 2 is 1.85 bits per heavy atom. The van der Waals surface area contributed by atoms with Crippen molar-refractivity contribution in [1.82, 2.24) is 9.55 Å². The van der Waals surface area contributed by atoms with Crippen LogP contribution in [0.1, 0.15) is 6.92 Å². The predicted octanol–water partition coefficient (Wildman–Crippen LogP) is 5.32. The van der Waals surface area contributed by atoms with Crippen LogP contribution in [0.3, 0.4) is 0 Å². The monoisotopic (exact) mass is 455 g/mol. The first-order chi connectivity index (χ1) is 16.1. The van der Waals surface area contributed by atoms with Crippen LogP contribution in [-0.2, 0) is 11.3 Å². The van der Waals surface area contributed by atoms with E-state index < -0.39 is 0 Å². The van der Waals surface area contributed by atoms with Crippen molar-refractivity contribution in [2.45, 2.75) is 13.5 Å². The zero-order chi connectivity index (χ0) is 22.8. The highest BCUT2D eigenvalue weighted by atomic mass is 32.1. The Hall–Kier alpha value is -3.97. The summed E-state index contributed by atoms with van der Waals surface area (Å²) in [6, 6.07) is 21.3. The first-order valence-corrected chi connectivity index (χ1v) is 11.5. The average Bonchev–Trinajstić information content (AvgIpc) is 3.26. The maximum absolute atomic E-state index is 13.2. The van der Waals surface area contributed by atoms with Gasteiger partial charge in [-0.05, 0) is 47.5 Å². The first-order valence-electron chi connectivity index (χ1n) is 10.6. The molecule has 0 saturated carbocycles. The van der Waals surface area contributed by atoms with E-state index in [1.54, 1.807) is 0 Å². The third kappa shape index (κ3) is 4.23. The molecule has 5 rings (SSSR count). The zero-order valence-electron chi connectivity index (χ0n) is 17.9. The van der Waals surface area contributed by atoms with Gasteiger partial charge in [0.2, 0.25) is 5.91 Å². The maximum atomic E-state index is 13.2. The van der Waals surface area contributed by atoms with Gasteiger partial charge in [0.15, 0.2) is 0 Å². The number of carbonyl (C=O) groups excluding carboxylic acids is 1. The van der Waals surface area contributed by atoms with Gasteiger partial charge in [0, 0.05) is 16.6 Å². The summed E-state index contributed by atoms with van der Waals surface area (Å²) < 4.78 is 6.86. The number of fused-ring (bicyclic) bond motifs is 2. The van der Waals surface area contributed by atoms with Crippen LogP contribution in [0.15, 0.2) is 83.2 Å². The number of nitrogens with one attached hydrogen (secondary N) is 1. The summed E-state index contributed by atoms with van der Waals surface area (Å²) >= 11 is 1.41. The van der Waals surface area contributed by atoms with Crippen molar-refractivity contribution in [2.24, 2.45) is 0 Å². The molecule has 0 spiro atoms. The third-order valence-electron chi connectivity index (χ3n) is 5.38. The molecule has 0 aliphatic carbocycles. The lowest BCUT2D eigenvalue weighted by Gasteiger charge is -2.09. The number of hydrogen-bond donors (Lipinski definition) is 1. The van der Waals surface area contributed by atoms with Gasteiger partial charge in [0.1, 0.15) is 17.1 Å². The normalized spacial score (nSPS) is 11.1. The molecule has 7 heteroatoms. The van der Waals surface area contributed by atoms with Gasteiger partial charge >= 0.3 is 0 Å². The number of thiophene rings is 1. The Kier molecular flexibility index (Phi) is 5.62. The average molecular weight is 456 g/mol. The summed E-state index contributed by atoms with van der Waals surface area (Å²) in [7, 11) is 0. The highest BCUT2D eigenvalue weighted by Gasteiger charge is 2.15. The van der Waals surface area contributed by atoms with E-state index in [9.17, 15) is 9.59 Å². The molecular weight excluding hydrogens is 434 g/mol. The van der Waals surface area contributed by atoms with E-state index in [0.717, 1.165) is 27.6 Å². The second-order valence-corrected chi connectivity index (χ2v) is 8.43. The lowest BCUT2D eigenvalue weighted by Crippen LogP contribution is -2.27. The zero-order valence-corrected chi connectivity index (χ0v) is 18.8. The van der Waals surface area contributed by atoms with Crippen LogP contribution < -0.4 is 15.6 Å². The summed E-state index contributed by atoms with van der Waals surface area (Å²) in [4.78, 5) is 31.0. The highest BCUT2D eigenvalue weighted by Crippen LogP contribution is 2.31. The minimum atomic E-state index is -0.286. The largest absolute Gasteiger partial charge is 0.494 e. The van der Waals surface area contributed by atoms with E-state index in [1.165, 1.54) is 22.2 Å². The maximum Gasteiger partial charge on any atom is 0.263 e. The Morgan fingerprint density at radius 1 is 1.06 bits per heavy atom. The van der Waals surface area contributed by atoms with Crippen molar-refractivity contribution in [1.29, 1.82) is 0 Å². The molecule has 0 radical (unpaired) electrons. The number of carbonyl (C=O) groups is 1. The van der Waals surface area contributed by atoms with Gasteiger partial charge in [-0.3, -0.25) is 14.2 Å². The second-order valence-electron chi connectivity index (χ2n) is 7.57. The fraction of sp³-hybridized carbons (Fsp3) is 0.115. The van der Waals surface area contributed by atoms with Crippen LogP contribution >= 0.6 is 11.3 Å². The van der Waals surface area contributed by atoms with Crippen molar-refractivity contribution < 1.29 is 9.53 Å². The molecule has 6 nitrogen and oxygen atoms in total. The van der Waals surface area contributed by atoms with Crippen LogP contribution in [0.2, 0.25) is 0 Å². The van der Waals surface area contributed by atoms with Crippen LogP contribution in [-0.4, -0.2) is 22.1 Å². The molecule has 2 heterocycles. The number of hydrogen-bond acceptors (Lipinski definition) is 5. The quantitative estimate of drug-likeness (QED) is 0.376. The molecule has 0 unspecified atom stereocenters. The second kappa shape index (κ2) is 8.88. The minimum absolute atomic E-state index is 0.118. The Bertz CT molecular complexity index is 1520. The highest BCUT2D eigenvalue weighted by molar-refractivity contribution is 7.17. The molecule has 1 amide bonds. The molecule has 0 atom stereocenters. The molecule has 164 valence electrons. The first kappa shape index (κ1) is 20.9. The summed E-state index contributed by atoms with van der Waals surface area (Å²) in [5, 5.41) is 7.46. The molecule has 1 N–H and O–H groups in total. The summed E-state index contributed by atoms with van der Waals surface area (Å²) in [6.45, 7) is 2.41. The van der Waals surface area contributed by atoms with Gasteiger partial charge < -0.3 is 10.1 Å². The van der Waals surface area contributed by atoms with Crippen molar-refractivity contribution in [2.75, 3.05) is 11.9 Å². The van der Waals surface area contributed by atoms with E-state index in [2.05, 4.69) is 10.3 Å². The third-order valence-corrected chi connectivity index (χ3v) is 6.27. The van der Waals surface area contributed by atoms with Gasteiger partial charge in [-0.25, -0.2) is 4.98 Å². The van der Waals surface area contributed by atoms with E-state index in [1.807, 2.05) is 79.0 Å². The van der Waals surface area contributed by atoms with Crippen LogP contribution in [0.5, 0.6) is 5.75 Å². The van der Waals surface area contributed by atoms with Crippen molar-refractivity contribution >= 4 is 43.9 Å². The van der Waals surface area contributed by atoms with Crippen LogP contribution in [0, 0.1) is 0 Å². The fourth-order valence-corrected chi connectivity index (χ4v) is 4.72. The molecule has 33 heavy (non-hydrogen) atoms. The van der Waals surface area contributed by atoms with E-state index in [-0.39, 0.29) is 18.0 Å². The number of nitrogens with zero attached hydrogens (tertiary/aromatic N) is 2. The number of aromatic nitrogens is 2. The molecular formula is C26H21N3O3S. The number of ether oxygens (including phenoxy) is 1. The van der Waals surface area contributed by atoms with E-state index in [0.29, 0.717) is 22.5 Å². The summed E-state index contributed by atoms with van der Waals surface area (Å²) in [6.07, 6.45) is 1.43. The lowest BCUT2D eigenvalue weighted by atomic mass is 10.1. The minimum Gasteiger partial charge on any atom is -0.494 e. The van der Waals surface area contributed by atoms with Crippen molar-refractivity contribution in [3.8, 4) is 16.9 Å². The van der Waals surface area contributed by atoms with Crippen molar-refractivity contribution in [3.05, 3.63) is 88.8 Å². The van der Waals surface area contributed by atoms with Crippen molar-refractivity contribution in [3.63, 3.8) is 0 Å².